The number of aromatic amines is 1. The molecule has 0 amide bonds. The summed E-state index contributed by atoms with van der Waals surface area (Å²) in [6.07, 6.45) is 6.87. The van der Waals surface area contributed by atoms with E-state index in [2.05, 4.69) is 10.9 Å². The number of terminal acetylenes is 1. The first-order valence-corrected chi connectivity index (χ1v) is 5.26. The molecule has 0 saturated carbocycles. The van der Waals surface area contributed by atoms with Gasteiger partial charge in [-0.15, -0.1) is 6.42 Å². The molecular weight excluding hydrogens is 204 g/mol. The second-order valence-corrected chi connectivity index (χ2v) is 3.86. The third-order valence-corrected chi connectivity index (χ3v) is 2.73. The van der Waals surface area contributed by atoms with Crippen LogP contribution in [0.4, 0.5) is 5.69 Å². The maximum Gasteiger partial charge on any atom is 0.271 e. The number of rotatable bonds is 1. The van der Waals surface area contributed by atoms with Gasteiger partial charge in [-0.1, -0.05) is 5.92 Å². The molecule has 0 aromatic carbocycles. The molecule has 4 nitrogen and oxygen atoms in total. The molecule has 2 rings (SSSR count). The highest BCUT2D eigenvalue weighted by atomic mass is 16.5. The van der Waals surface area contributed by atoms with Crippen LogP contribution in [-0.4, -0.2) is 30.8 Å². The van der Waals surface area contributed by atoms with Crippen molar-refractivity contribution in [3.05, 3.63) is 28.2 Å². The van der Waals surface area contributed by atoms with E-state index in [4.69, 9.17) is 11.2 Å². The average Bonchev–Trinajstić information content (AvgIpc) is 2.31. The molecule has 1 aromatic heterocycles. The van der Waals surface area contributed by atoms with E-state index in [1.807, 2.05) is 11.8 Å². The van der Waals surface area contributed by atoms with E-state index in [0.29, 0.717) is 24.5 Å². The van der Waals surface area contributed by atoms with Crippen molar-refractivity contribution in [2.24, 2.45) is 0 Å². The minimum Gasteiger partial charge on any atom is -0.377 e. The van der Waals surface area contributed by atoms with Gasteiger partial charge in [-0.25, -0.2) is 0 Å². The highest BCUT2D eigenvalue weighted by Gasteiger charge is 2.21. The molecular formula is C12H14N2O2. The Morgan fingerprint density at radius 2 is 2.50 bits per heavy atom. The van der Waals surface area contributed by atoms with Crippen molar-refractivity contribution in [3.8, 4) is 12.3 Å². The van der Waals surface area contributed by atoms with Gasteiger partial charge < -0.3 is 14.6 Å². The highest BCUT2D eigenvalue weighted by Crippen LogP contribution is 2.15. The van der Waals surface area contributed by atoms with Gasteiger partial charge in [-0.3, -0.25) is 4.79 Å². The fourth-order valence-corrected chi connectivity index (χ4v) is 1.85. The van der Waals surface area contributed by atoms with Crippen molar-refractivity contribution < 1.29 is 4.74 Å². The minimum absolute atomic E-state index is 0.104. The summed E-state index contributed by atoms with van der Waals surface area (Å²) in [7, 11) is 0. The van der Waals surface area contributed by atoms with Crippen LogP contribution in [0, 0.1) is 12.3 Å². The largest absolute Gasteiger partial charge is 0.377 e. The lowest BCUT2D eigenvalue weighted by molar-refractivity contribution is 0.0988. The summed E-state index contributed by atoms with van der Waals surface area (Å²) in [6, 6.07) is 1.95. The predicted octanol–water partition coefficient (Wildman–Crippen LogP) is 0.581. The Morgan fingerprint density at radius 1 is 1.69 bits per heavy atom. The van der Waals surface area contributed by atoms with Crippen LogP contribution in [0.15, 0.2) is 17.1 Å². The Kier molecular flexibility index (Phi) is 2.97. The van der Waals surface area contributed by atoms with Gasteiger partial charge in [0.05, 0.1) is 13.2 Å². The smallest absolute Gasteiger partial charge is 0.271 e. The fourth-order valence-electron chi connectivity index (χ4n) is 1.85. The Hall–Kier alpha value is -1.73. The van der Waals surface area contributed by atoms with Gasteiger partial charge in [-0.2, -0.15) is 0 Å². The maximum atomic E-state index is 11.7. The van der Waals surface area contributed by atoms with E-state index >= 15 is 0 Å². The topological polar surface area (TPSA) is 45.3 Å². The number of pyridine rings is 1. The van der Waals surface area contributed by atoms with Crippen molar-refractivity contribution >= 4 is 5.69 Å². The molecule has 1 N–H and O–H groups in total. The van der Waals surface area contributed by atoms with E-state index in [9.17, 15) is 4.79 Å². The standard InChI is InChI=1S/C12H14N2O2/c1-3-10-6-11(12(15)13-7-10)14-4-5-16-8-9(14)2/h1,6-7,9H,4-5,8H2,2H3,(H,13,15). The van der Waals surface area contributed by atoms with Gasteiger partial charge in [0.15, 0.2) is 0 Å². The second kappa shape index (κ2) is 4.42. The van der Waals surface area contributed by atoms with Crippen molar-refractivity contribution in [1.29, 1.82) is 0 Å². The lowest BCUT2D eigenvalue weighted by Crippen LogP contribution is -2.45. The van der Waals surface area contributed by atoms with Crippen molar-refractivity contribution in [3.63, 3.8) is 0 Å². The van der Waals surface area contributed by atoms with Crippen LogP contribution < -0.4 is 10.5 Å². The number of hydrogen-bond donors (Lipinski definition) is 1. The molecule has 1 aliphatic heterocycles. The van der Waals surface area contributed by atoms with Crippen LogP contribution in [0.2, 0.25) is 0 Å². The second-order valence-electron chi connectivity index (χ2n) is 3.86. The fraction of sp³-hybridized carbons (Fsp3) is 0.417. The van der Waals surface area contributed by atoms with Crippen molar-refractivity contribution in [1.82, 2.24) is 4.98 Å². The molecule has 1 fully saturated rings. The normalized spacial score (nSPS) is 20.5. The third-order valence-electron chi connectivity index (χ3n) is 2.73. The summed E-state index contributed by atoms with van der Waals surface area (Å²) in [5.74, 6) is 2.52. The first-order valence-electron chi connectivity index (χ1n) is 5.26. The first-order chi connectivity index (χ1) is 7.72. The van der Waals surface area contributed by atoms with Crippen LogP contribution >= 0.6 is 0 Å². The molecule has 1 saturated heterocycles. The molecule has 0 aliphatic carbocycles. The monoisotopic (exact) mass is 218 g/mol. The van der Waals surface area contributed by atoms with Crippen LogP contribution in [0.5, 0.6) is 0 Å². The van der Waals surface area contributed by atoms with E-state index in [-0.39, 0.29) is 11.6 Å². The molecule has 1 aromatic rings. The molecule has 1 aliphatic rings. The maximum absolute atomic E-state index is 11.7. The summed E-state index contributed by atoms with van der Waals surface area (Å²) in [4.78, 5) is 16.4. The average molecular weight is 218 g/mol. The zero-order valence-electron chi connectivity index (χ0n) is 9.19. The number of ether oxygens (including phenoxy) is 1. The number of morpholine rings is 1. The van der Waals surface area contributed by atoms with E-state index < -0.39 is 0 Å². The summed E-state index contributed by atoms with van der Waals surface area (Å²) in [6.45, 7) is 4.03. The molecule has 0 radical (unpaired) electrons. The number of hydrogen-bond acceptors (Lipinski definition) is 3. The molecule has 84 valence electrons. The summed E-state index contributed by atoms with van der Waals surface area (Å²) >= 11 is 0. The summed E-state index contributed by atoms with van der Waals surface area (Å²) < 4.78 is 5.34. The van der Waals surface area contributed by atoms with E-state index in [0.717, 1.165) is 6.54 Å². The van der Waals surface area contributed by atoms with Gasteiger partial charge in [-0.05, 0) is 13.0 Å². The third kappa shape index (κ3) is 1.95. The van der Waals surface area contributed by atoms with Gasteiger partial charge in [0, 0.05) is 24.3 Å². The molecule has 16 heavy (non-hydrogen) atoms. The van der Waals surface area contributed by atoms with Crippen LogP contribution in [0.1, 0.15) is 12.5 Å². The van der Waals surface area contributed by atoms with Gasteiger partial charge in [0.25, 0.3) is 5.56 Å². The number of anilines is 1. The number of H-pyrrole nitrogens is 1. The molecule has 1 unspecified atom stereocenters. The zero-order chi connectivity index (χ0) is 11.5. The number of nitrogens with one attached hydrogen (secondary N) is 1. The molecule has 0 bridgehead atoms. The Bertz CT molecular complexity index is 473. The van der Waals surface area contributed by atoms with Crippen LogP contribution in [0.3, 0.4) is 0 Å². The van der Waals surface area contributed by atoms with Crippen molar-refractivity contribution in [2.75, 3.05) is 24.7 Å². The minimum atomic E-state index is -0.104. The van der Waals surface area contributed by atoms with Crippen LogP contribution in [0.25, 0.3) is 0 Å². The molecule has 0 spiro atoms. The number of nitrogens with zero attached hydrogens (tertiary/aromatic N) is 1. The zero-order valence-corrected chi connectivity index (χ0v) is 9.19. The number of aromatic nitrogens is 1. The van der Waals surface area contributed by atoms with E-state index in [1.165, 1.54) is 0 Å². The Labute approximate surface area is 94.2 Å². The lowest BCUT2D eigenvalue weighted by Gasteiger charge is -2.34. The molecule has 4 heteroatoms. The Balaban J connectivity index is 2.38. The summed E-state index contributed by atoms with van der Waals surface area (Å²) in [5, 5.41) is 0. The SMILES string of the molecule is C#Cc1c[nH]c(=O)c(N2CCOCC2C)c1. The van der Waals surface area contributed by atoms with Gasteiger partial charge in [0.2, 0.25) is 0 Å². The van der Waals surface area contributed by atoms with E-state index in [1.54, 1.807) is 12.3 Å². The lowest BCUT2D eigenvalue weighted by atomic mass is 10.2. The van der Waals surface area contributed by atoms with Gasteiger partial charge in [0.1, 0.15) is 5.69 Å². The van der Waals surface area contributed by atoms with Crippen LogP contribution in [-0.2, 0) is 4.74 Å². The molecule has 1 atom stereocenters. The first kappa shape index (κ1) is 10.8. The van der Waals surface area contributed by atoms with Crippen molar-refractivity contribution in [2.45, 2.75) is 13.0 Å². The highest BCUT2D eigenvalue weighted by molar-refractivity contribution is 5.50. The predicted molar refractivity (Wildman–Crippen MR) is 62.6 cm³/mol. The quantitative estimate of drug-likeness (QED) is 0.701. The Morgan fingerprint density at radius 3 is 3.19 bits per heavy atom. The van der Waals surface area contributed by atoms with Gasteiger partial charge >= 0.3 is 0 Å². The summed E-state index contributed by atoms with van der Waals surface area (Å²) in [5.41, 5.74) is 1.22. The molecule has 2 heterocycles.